The Hall–Kier alpha value is -4.19. The van der Waals surface area contributed by atoms with E-state index in [0.717, 1.165) is 6.07 Å². The number of carbonyl (C=O) groups excluding carboxylic acids is 4. The number of phenolic OH excluding ortho intramolecular Hbond substituents is 1. The van der Waals surface area contributed by atoms with Crippen molar-refractivity contribution in [1.29, 1.82) is 0 Å². The molecule has 2 heterocycles. The molecule has 4 N–H and O–H groups in total. The van der Waals surface area contributed by atoms with E-state index in [-0.39, 0.29) is 36.5 Å². The predicted molar refractivity (Wildman–Crippen MR) is 143 cm³/mol. The molecule has 0 saturated heterocycles. The number of hydrogen-bond donors (Lipinski definition) is 5. The summed E-state index contributed by atoms with van der Waals surface area (Å²) in [5.74, 6) is -3.47. The lowest BCUT2D eigenvalue weighted by atomic mass is 10.1. The van der Waals surface area contributed by atoms with Crippen LogP contribution in [-0.2, 0) is 32.1 Å². The second-order valence-corrected chi connectivity index (χ2v) is 9.03. The molecule has 0 saturated carbocycles. The number of halogens is 1. The summed E-state index contributed by atoms with van der Waals surface area (Å²) in [5, 5.41) is 17.1. The van der Waals surface area contributed by atoms with E-state index in [1.54, 1.807) is 24.3 Å². The number of hydrogen-bond acceptors (Lipinski definition) is 8. The van der Waals surface area contributed by atoms with E-state index in [9.17, 15) is 28.7 Å². The molecule has 2 aromatic rings. The number of ether oxygens (including phenoxy) is 1. The lowest BCUT2D eigenvalue weighted by molar-refractivity contribution is -0.151. The summed E-state index contributed by atoms with van der Waals surface area (Å²) in [6.45, 7) is 1.37. The summed E-state index contributed by atoms with van der Waals surface area (Å²) in [5.41, 5.74) is 0.00875. The van der Waals surface area contributed by atoms with Crippen LogP contribution in [0.5, 0.6) is 5.75 Å². The fourth-order valence-electron chi connectivity index (χ4n) is 3.63. The molecule has 2 bridgehead atoms. The number of pyridine rings is 1. The molecule has 1 aromatic carbocycles. The molecule has 0 radical (unpaired) electrons. The summed E-state index contributed by atoms with van der Waals surface area (Å²) in [4.78, 5) is 55.8. The van der Waals surface area contributed by atoms with Crippen LogP contribution >= 0.6 is 12.6 Å². The van der Waals surface area contributed by atoms with Crippen molar-refractivity contribution in [3.63, 3.8) is 0 Å². The highest BCUT2D eigenvalue weighted by Gasteiger charge is 2.28. The van der Waals surface area contributed by atoms with E-state index < -0.39 is 47.3 Å². The average Bonchev–Trinajstić information content (AvgIpc) is 2.91. The van der Waals surface area contributed by atoms with Gasteiger partial charge in [-0.25, -0.2) is 14.2 Å². The summed E-state index contributed by atoms with van der Waals surface area (Å²) in [7, 11) is 0. The van der Waals surface area contributed by atoms with Crippen LogP contribution in [0.3, 0.4) is 0 Å². The second-order valence-electron chi connectivity index (χ2n) is 8.58. The number of amides is 3. The molecule has 10 nitrogen and oxygen atoms in total. The van der Waals surface area contributed by atoms with Crippen molar-refractivity contribution in [3.05, 3.63) is 83.1 Å². The Bertz CT molecular complexity index is 1280. The first-order valence-corrected chi connectivity index (χ1v) is 12.8. The number of benzene rings is 1. The summed E-state index contributed by atoms with van der Waals surface area (Å²) in [6, 6.07) is 7.13. The molecule has 0 spiro atoms. The van der Waals surface area contributed by atoms with Gasteiger partial charge in [0.2, 0.25) is 5.91 Å². The molecule has 0 fully saturated rings. The normalized spacial score (nSPS) is 20.3. The maximum Gasteiger partial charge on any atom is 0.329 e. The van der Waals surface area contributed by atoms with Gasteiger partial charge in [0.05, 0.1) is 18.7 Å². The molecule has 0 aliphatic carbocycles. The first-order valence-electron chi connectivity index (χ1n) is 12.2. The number of carbonyl (C=O) groups is 4. The van der Waals surface area contributed by atoms with E-state index >= 15 is 0 Å². The fraction of sp³-hybridized carbons (Fsp3) is 0.296. The van der Waals surface area contributed by atoms with Crippen LogP contribution in [0, 0.1) is 5.82 Å². The molecule has 12 heteroatoms. The van der Waals surface area contributed by atoms with Crippen LogP contribution in [0.4, 0.5) is 4.39 Å². The number of nitrogens with one attached hydrogen (secondary N) is 3. The Morgan fingerprint density at radius 1 is 1.13 bits per heavy atom. The van der Waals surface area contributed by atoms with Crippen LogP contribution in [0.25, 0.3) is 0 Å². The zero-order chi connectivity index (χ0) is 28.4. The molecule has 206 valence electrons. The molecule has 1 aliphatic rings. The van der Waals surface area contributed by atoms with Gasteiger partial charge in [-0.15, -0.1) is 0 Å². The molecule has 1 aliphatic heterocycles. The van der Waals surface area contributed by atoms with Gasteiger partial charge in [-0.2, -0.15) is 12.6 Å². The summed E-state index contributed by atoms with van der Waals surface area (Å²) < 4.78 is 20.0. The number of allylic oxidation sites excluding steroid dienone is 2. The Labute approximate surface area is 230 Å². The minimum Gasteiger partial charge on any atom is -0.508 e. The largest absolute Gasteiger partial charge is 0.508 e. The van der Waals surface area contributed by atoms with Gasteiger partial charge in [0.15, 0.2) is 11.5 Å². The standard InChI is InChI=1S/C27H29FN4O6S/c1-2-21-25(35)32-22(13-16-6-9-18(33)10-7-16)27(37)38-19(5-3-4-12-39)14-23(34)29-15-17-8-11-20(28)24(30-17)26(36)31-21/h2-3,5-11,19,22,33,39H,4,12-15H2,1H3,(H,29,34)(H,31,36)(H,32,35)/b5-3+,21-2-/t19-,22+/m1/s1. The second kappa shape index (κ2) is 14.1. The summed E-state index contributed by atoms with van der Waals surface area (Å²) >= 11 is 4.15. The smallest absolute Gasteiger partial charge is 0.329 e. The van der Waals surface area contributed by atoms with Gasteiger partial charge in [0.1, 0.15) is 23.6 Å². The number of thiol groups is 1. The van der Waals surface area contributed by atoms with Gasteiger partial charge >= 0.3 is 5.97 Å². The van der Waals surface area contributed by atoms with Crippen molar-refractivity contribution in [2.45, 2.75) is 44.9 Å². The molecule has 2 atom stereocenters. The first kappa shape index (κ1) is 29.4. The minimum atomic E-state index is -1.23. The SMILES string of the molecule is C/C=C1\NC(=O)c2nc(ccc2F)CNC(=O)C[C@@H](/C=C/CCS)OC(=O)[C@H](Cc2ccc(O)cc2)NC1=O. The van der Waals surface area contributed by atoms with E-state index in [1.165, 1.54) is 31.2 Å². The van der Waals surface area contributed by atoms with Gasteiger partial charge in [0.25, 0.3) is 11.8 Å². The van der Waals surface area contributed by atoms with E-state index in [4.69, 9.17) is 4.74 Å². The number of aromatic hydroxyl groups is 1. The molecule has 0 unspecified atom stereocenters. The monoisotopic (exact) mass is 556 g/mol. The van der Waals surface area contributed by atoms with Crippen LogP contribution in [0.1, 0.15) is 41.5 Å². The minimum absolute atomic E-state index is 0.0205. The number of cyclic esters (lactones) is 1. The number of rotatable bonds is 5. The molecular formula is C27H29FN4O6S. The van der Waals surface area contributed by atoms with Crippen molar-refractivity contribution in [3.8, 4) is 5.75 Å². The molecular weight excluding hydrogens is 527 g/mol. The van der Waals surface area contributed by atoms with Crippen LogP contribution in [0.2, 0.25) is 0 Å². The highest BCUT2D eigenvalue weighted by atomic mass is 32.1. The van der Waals surface area contributed by atoms with Gasteiger partial charge in [-0.05, 0) is 55.0 Å². The van der Waals surface area contributed by atoms with Crippen molar-refractivity contribution in [1.82, 2.24) is 20.9 Å². The highest BCUT2D eigenvalue weighted by molar-refractivity contribution is 7.80. The zero-order valence-electron chi connectivity index (χ0n) is 21.1. The van der Waals surface area contributed by atoms with Crippen LogP contribution in [0.15, 0.2) is 60.3 Å². The van der Waals surface area contributed by atoms with Crippen molar-refractivity contribution in [2.24, 2.45) is 0 Å². The third kappa shape index (κ3) is 8.67. The molecule has 3 rings (SSSR count). The number of esters is 1. The fourth-order valence-corrected chi connectivity index (χ4v) is 3.77. The van der Waals surface area contributed by atoms with E-state index in [0.29, 0.717) is 17.7 Å². The summed E-state index contributed by atoms with van der Waals surface area (Å²) in [6.07, 6.45) is 3.95. The average molecular weight is 557 g/mol. The zero-order valence-corrected chi connectivity index (χ0v) is 22.0. The quantitative estimate of drug-likeness (QED) is 0.164. The lowest BCUT2D eigenvalue weighted by Gasteiger charge is -2.22. The Balaban J connectivity index is 1.98. The Morgan fingerprint density at radius 3 is 2.56 bits per heavy atom. The first-order chi connectivity index (χ1) is 18.7. The van der Waals surface area contributed by atoms with Crippen molar-refractivity contribution < 1.29 is 33.4 Å². The molecule has 3 amide bonds. The number of phenols is 1. The van der Waals surface area contributed by atoms with Gasteiger partial charge in [0, 0.05) is 6.42 Å². The topological polar surface area (TPSA) is 147 Å². The molecule has 39 heavy (non-hydrogen) atoms. The van der Waals surface area contributed by atoms with Crippen molar-refractivity contribution >= 4 is 36.3 Å². The third-order valence-corrected chi connectivity index (χ3v) is 5.89. The number of fused-ring (bicyclic) bond motifs is 2. The predicted octanol–water partition coefficient (Wildman–Crippen LogP) is 2.10. The maximum absolute atomic E-state index is 14.4. The van der Waals surface area contributed by atoms with E-state index in [2.05, 4.69) is 33.6 Å². The third-order valence-electron chi connectivity index (χ3n) is 5.63. The van der Waals surface area contributed by atoms with Gasteiger partial charge < -0.3 is 25.8 Å². The number of nitrogens with zero attached hydrogens (tertiary/aromatic N) is 1. The maximum atomic E-state index is 14.4. The lowest BCUT2D eigenvalue weighted by Crippen LogP contribution is -2.47. The highest BCUT2D eigenvalue weighted by Crippen LogP contribution is 2.14. The Kier molecular flexibility index (Phi) is 10.6. The number of aromatic nitrogens is 1. The van der Waals surface area contributed by atoms with Gasteiger partial charge in [-0.3, -0.25) is 14.4 Å². The van der Waals surface area contributed by atoms with Crippen LogP contribution in [-0.4, -0.2) is 51.7 Å². The molecule has 1 aromatic heterocycles. The van der Waals surface area contributed by atoms with Crippen molar-refractivity contribution in [2.75, 3.05) is 5.75 Å². The Morgan fingerprint density at radius 2 is 1.87 bits per heavy atom. The van der Waals surface area contributed by atoms with Crippen LogP contribution < -0.4 is 16.0 Å². The van der Waals surface area contributed by atoms with Gasteiger partial charge in [-0.1, -0.05) is 24.3 Å². The van der Waals surface area contributed by atoms with E-state index in [1.807, 2.05) is 0 Å².